The van der Waals surface area contributed by atoms with Crippen molar-refractivity contribution in [2.75, 3.05) is 11.1 Å². The lowest BCUT2D eigenvalue weighted by atomic mass is 10.1. The monoisotopic (exact) mass is 459 g/mol. The van der Waals surface area contributed by atoms with Gasteiger partial charge >= 0.3 is 0 Å². The van der Waals surface area contributed by atoms with Crippen LogP contribution >= 0.6 is 11.8 Å². The number of hydrogen-bond acceptors (Lipinski definition) is 6. The van der Waals surface area contributed by atoms with Crippen LogP contribution in [0.25, 0.3) is 22.6 Å². The van der Waals surface area contributed by atoms with Crippen molar-refractivity contribution in [2.24, 2.45) is 0 Å². The van der Waals surface area contributed by atoms with Gasteiger partial charge in [-0.3, -0.25) is 14.9 Å². The molecule has 0 aliphatic rings. The average molecular weight is 460 g/mol. The number of oxazole rings is 1. The van der Waals surface area contributed by atoms with Crippen molar-refractivity contribution in [1.29, 1.82) is 0 Å². The molecule has 33 heavy (non-hydrogen) atoms. The summed E-state index contributed by atoms with van der Waals surface area (Å²) in [7, 11) is 0. The number of nitro benzene ring substituents is 1. The predicted molar refractivity (Wildman–Crippen MR) is 129 cm³/mol. The van der Waals surface area contributed by atoms with Crippen LogP contribution in [0.2, 0.25) is 0 Å². The summed E-state index contributed by atoms with van der Waals surface area (Å²) in [6.07, 6.45) is 0. The van der Waals surface area contributed by atoms with Gasteiger partial charge in [0, 0.05) is 17.2 Å². The molecule has 0 atom stereocenters. The van der Waals surface area contributed by atoms with Crippen LogP contribution in [0.4, 0.5) is 11.4 Å². The summed E-state index contributed by atoms with van der Waals surface area (Å²) in [6.45, 7) is 3.51. The molecular formula is C25H21N3O4S. The smallest absolute Gasteiger partial charge is 0.293 e. The maximum Gasteiger partial charge on any atom is 0.293 e. The highest BCUT2D eigenvalue weighted by molar-refractivity contribution is 7.99. The van der Waals surface area contributed by atoms with Gasteiger partial charge in [0.1, 0.15) is 11.4 Å². The van der Waals surface area contributed by atoms with E-state index in [1.165, 1.54) is 6.07 Å². The minimum Gasteiger partial charge on any atom is -0.431 e. The van der Waals surface area contributed by atoms with Gasteiger partial charge in [0.25, 0.3) is 10.9 Å². The van der Waals surface area contributed by atoms with Crippen LogP contribution in [0.5, 0.6) is 0 Å². The molecule has 1 heterocycles. The van der Waals surface area contributed by atoms with E-state index in [2.05, 4.69) is 10.3 Å². The molecule has 0 radical (unpaired) electrons. The first-order valence-corrected chi connectivity index (χ1v) is 11.2. The Kier molecular flexibility index (Phi) is 6.55. The molecule has 0 bridgehead atoms. The van der Waals surface area contributed by atoms with Crippen LogP contribution in [-0.2, 0) is 4.79 Å². The zero-order valence-corrected chi connectivity index (χ0v) is 18.9. The number of carbonyl (C=O) groups is 1. The number of amides is 1. The summed E-state index contributed by atoms with van der Waals surface area (Å²) in [6, 6.07) is 22.6. The van der Waals surface area contributed by atoms with E-state index < -0.39 is 4.92 Å². The highest BCUT2D eigenvalue weighted by atomic mass is 32.2. The van der Waals surface area contributed by atoms with Gasteiger partial charge in [0.05, 0.1) is 10.7 Å². The molecule has 1 aromatic heterocycles. The molecule has 0 aliphatic carbocycles. The summed E-state index contributed by atoms with van der Waals surface area (Å²) < 4.78 is 6.02. The third-order valence-corrected chi connectivity index (χ3v) is 5.77. The van der Waals surface area contributed by atoms with E-state index in [1.807, 2.05) is 60.7 Å². The molecule has 7 nitrogen and oxygen atoms in total. The second-order valence-electron chi connectivity index (χ2n) is 7.46. The van der Waals surface area contributed by atoms with Gasteiger partial charge < -0.3 is 9.73 Å². The van der Waals surface area contributed by atoms with Crippen molar-refractivity contribution in [3.05, 3.63) is 94.0 Å². The van der Waals surface area contributed by atoms with Gasteiger partial charge in [0.2, 0.25) is 5.91 Å². The minimum absolute atomic E-state index is 0.00650. The van der Waals surface area contributed by atoms with Gasteiger partial charge in [-0.15, -0.1) is 0 Å². The Bertz CT molecular complexity index is 1250. The standard InChI is InChI=1S/C25H21N3O4S/c1-16-13-17(2)22(20(14-16)28(30)31)26-21(29)15-33-25-27-23(18-9-5-3-6-10-18)24(32-25)19-11-7-4-8-12-19/h3-14H,15H2,1-2H3,(H,26,29). The second-order valence-corrected chi connectivity index (χ2v) is 8.39. The molecule has 166 valence electrons. The van der Waals surface area contributed by atoms with Crippen molar-refractivity contribution < 1.29 is 14.1 Å². The fourth-order valence-corrected chi connectivity index (χ4v) is 4.12. The van der Waals surface area contributed by atoms with E-state index in [0.29, 0.717) is 22.2 Å². The number of nitrogens with zero attached hydrogens (tertiary/aromatic N) is 2. The Balaban J connectivity index is 1.55. The van der Waals surface area contributed by atoms with E-state index in [4.69, 9.17) is 4.42 Å². The zero-order valence-electron chi connectivity index (χ0n) is 18.1. The van der Waals surface area contributed by atoms with Gasteiger partial charge in [0.15, 0.2) is 5.76 Å². The number of benzene rings is 3. The average Bonchev–Trinajstić information content (AvgIpc) is 3.25. The maximum absolute atomic E-state index is 12.6. The molecule has 0 fully saturated rings. The fraction of sp³-hybridized carbons (Fsp3) is 0.120. The largest absolute Gasteiger partial charge is 0.431 e. The Morgan fingerprint density at radius 1 is 1.03 bits per heavy atom. The molecule has 0 unspecified atom stereocenters. The van der Waals surface area contributed by atoms with E-state index >= 15 is 0 Å². The Morgan fingerprint density at radius 3 is 2.30 bits per heavy atom. The number of nitrogens with one attached hydrogen (secondary N) is 1. The summed E-state index contributed by atoms with van der Waals surface area (Å²) in [5, 5.41) is 14.4. The topological polar surface area (TPSA) is 98.3 Å². The van der Waals surface area contributed by atoms with E-state index in [1.54, 1.807) is 19.9 Å². The lowest BCUT2D eigenvalue weighted by molar-refractivity contribution is -0.384. The number of thioether (sulfide) groups is 1. The van der Waals surface area contributed by atoms with Crippen LogP contribution in [-0.4, -0.2) is 21.6 Å². The van der Waals surface area contributed by atoms with Crippen LogP contribution in [0, 0.1) is 24.0 Å². The lowest BCUT2D eigenvalue weighted by Gasteiger charge is -2.09. The number of hydrogen-bond donors (Lipinski definition) is 1. The Labute approximate surface area is 195 Å². The van der Waals surface area contributed by atoms with Gasteiger partial charge in [-0.05, 0) is 25.0 Å². The molecule has 8 heteroatoms. The minimum atomic E-state index is -0.491. The van der Waals surface area contributed by atoms with E-state index in [9.17, 15) is 14.9 Å². The van der Waals surface area contributed by atoms with E-state index in [0.717, 1.165) is 28.5 Å². The third kappa shape index (κ3) is 5.12. The molecule has 1 amide bonds. The summed E-state index contributed by atoms with van der Waals surface area (Å²) in [5.41, 5.74) is 3.95. The van der Waals surface area contributed by atoms with Crippen LogP contribution in [0.15, 0.2) is 82.4 Å². The highest BCUT2D eigenvalue weighted by Gasteiger charge is 2.21. The highest BCUT2D eigenvalue weighted by Crippen LogP contribution is 2.36. The van der Waals surface area contributed by atoms with Crippen LogP contribution in [0.1, 0.15) is 11.1 Å². The van der Waals surface area contributed by atoms with Crippen LogP contribution in [0.3, 0.4) is 0 Å². The summed E-state index contributed by atoms with van der Waals surface area (Å²) in [4.78, 5) is 28.2. The van der Waals surface area contributed by atoms with Gasteiger partial charge in [-0.25, -0.2) is 4.98 Å². The summed E-state index contributed by atoms with van der Waals surface area (Å²) >= 11 is 1.14. The quantitative estimate of drug-likeness (QED) is 0.199. The molecule has 0 saturated heterocycles. The van der Waals surface area contributed by atoms with Gasteiger partial charge in [-0.1, -0.05) is 78.5 Å². The fourth-order valence-electron chi connectivity index (χ4n) is 3.49. The van der Waals surface area contributed by atoms with Crippen LogP contribution < -0.4 is 5.32 Å². The molecule has 0 saturated carbocycles. The molecular weight excluding hydrogens is 438 g/mol. The number of anilines is 1. The predicted octanol–water partition coefficient (Wildman–Crippen LogP) is 6.26. The number of carbonyl (C=O) groups excluding carboxylic acids is 1. The zero-order chi connectivity index (χ0) is 23.4. The van der Waals surface area contributed by atoms with Crippen molar-refractivity contribution in [3.8, 4) is 22.6 Å². The van der Waals surface area contributed by atoms with Gasteiger partial charge in [-0.2, -0.15) is 0 Å². The van der Waals surface area contributed by atoms with E-state index in [-0.39, 0.29) is 23.0 Å². The molecule has 4 aromatic rings. The van der Waals surface area contributed by atoms with Crippen molar-refractivity contribution in [1.82, 2.24) is 4.98 Å². The normalized spacial score (nSPS) is 10.7. The first-order valence-electron chi connectivity index (χ1n) is 10.2. The Hall–Kier alpha value is -3.91. The molecule has 0 spiro atoms. The van der Waals surface area contributed by atoms with Crippen molar-refractivity contribution in [3.63, 3.8) is 0 Å². The second kappa shape index (κ2) is 9.70. The Morgan fingerprint density at radius 2 is 1.67 bits per heavy atom. The number of aromatic nitrogens is 1. The first kappa shape index (κ1) is 22.3. The SMILES string of the molecule is Cc1cc(C)c(NC(=O)CSc2nc(-c3ccccc3)c(-c3ccccc3)o2)c([N+](=O)[O-])c1. The lowest BCUT2D eigenvalue weighted by Crippen LogP contribution is -2.16. The van der Waals surface area contributed by atoms with Crippen molar-refractivity contribution >= 4 is 29.0 Å². The number of aryl methyl sites for hydroxylation is 2. The number of rotatable bonds is 7. The third-order valence-electron chi connectivity index (χ3n) is 4.94. The molecule has 4 rings (SSSR count). The first-order chi connectivity index (χ1) is 15.9. The molecule has 0 aliphatic heterocycles. The molecule has 1 N–H and O–H groups in total. The molecule has 3 aromatic carbocycles. The number of nitro groups is 1. The van der Waals surface area contributed by atoms with Crippen molar-refractivity contribution in [2.45, 2.75) is 19.1 Å². The summed E-state index contributed by atoms with van der Waals surface area (Å²) in [5.74, 6) is 0.235. The maximum atomic E-state index is 12.6.